The summed E-state index contributed by atoms with van der Waals surface area (Å²) in [5.74, 6) is -0.294. The first-order valence-corrected chi connectivity index (χ1v) is 7.07. The molecular formula is C17H18N2O2. The minimum atomic E-state index is -0.292. The summed E-state index contributed by atoms with van der Waals surface area (Å²) in [5.41, 5.74) is 4.53. The van der Waals surface area contributed by atoms with Gasteiger partial charge in [0, 0.05) is 12.2 Å². The molecule has 1 aliphatic heterocycles. The monoisotopic (exact) mass is 282 g/mol. The van der Waals surface area contributed by atoms with Gasteiger partial charge in [-0.3, -0.25) is 4.79 Å². The van der Waals surface area contributed by atoms with E-state index in [9.17, 15) is 9.90 Å². The number of phenolic OH excluding ortho intramolecular Hbond substituents is 1. The first-order chi connectivity index (χ1) is 10.1. The minimum Gasteiger partial charge on any atom is -0.507 e. The van der Waals surface area contributed by atoms with Crippen molar-refractivity contribution in [1.29, 1.82) is 0 Å². The number of hydrogen-bond donors (Lipinski definition) is 3. The molecule has 3 rings (SSSR count). The molecule has 0 radical (unpaired) electrons. The molecule has 0 saturated carbocycles. The highest BCUT2D eigenvalue weighted by Gasteiger charge is 2.13. The molecule has 0 unspecified atom stereocenters. The molecule has 1 aliphatic rings. The van der Waals surface area contributed by atoms with Gasteiger partial charge >= 0.3 is 0 Å². The Kier molecular flexibility index (Phi) is 3.62. The molecule has 108 valence electrons. The molecule has 0 fully saturated rings. The quantitative estimate of drug-likeness (QED) is 0.793. The second kappa shape index (κ2) is 5.58. The van der Waals surface area contributed by atoms with Gasteiger partial charge in [0.15, 0.2) is 0 Å². The van der Waals surface area contributed by atoms with Gasteiger partial charge in [-0.2, -0.15) is 0 Å². The van der Waals surface area contributed by atoms with Crippen LogP contribution in [0, 0.1) is 6.92 Å². The Morgan fingerprint density at radius 3 is 2.90 bits per heavy atom. The molecule has 4 nitrogen and oxygen atoms in total. The fourth-order valence-corrected chi connectivity index (χ4v) is 2.59. The van der Waals surface area contributed by atoms with Crippen molar-refractivity contribution in [3.8, 4) is 5.75 Å². The van der Waals surface area contributed by atoms with Crippen LogP contribution in [0.5, 0.6) is 5.75 Å². The lowest BCUT2D eigenvalue weighted by atomic mass is 10.0. The van der Waals surface area contributed by atoms with Gasteiger partial charge in [0.1, 0.15) is 5.75 Å². The van der Waals surface area contributed by atoms with Crippen LogP contribution in [0.1, 0.15) is 27.0 Å². The average molecular weight is 282 g/mol. The first kappa shape index (κ1) is 13.6. The minimum absolute atomic E-state index is 0.00210. The largest absolute Gasteiger partial charge is 0.507 e. The lowest BCUT2D eigenvalue weighted by Gasteiger charge is -2.18. The number of rotatable bonds is 2. The highest BCUT2D eigenvalue weighted by molar-refractivity contribution is 6.06. The van der Waals surface area contributed by atoms with Gasteiger partial charge in [-0.15, -0.1) is 0 Å². The Morgan fingerprint density at radius 2 is 2.05 bits per heavy atom. The van der Waals surface area contributed by atoms with Gasteiger partial charge < -0.3 is 15.7 Å². The van der Waals surface area contributed by atoms with Gasteiger partial charge in [0.05, 0.1) is 5.56 Å². The van der Waals surface area contributed by atoms with E-state index in [1.54, 1.807) is 18.2 Å². The number of anilines is 1. The molecule has 0 atom stereocenters. The van der Waals surface area contributed by atoms with Crippen LogP contribution in [0.3, 0.4) is 0 Å². The van der Waals surface area contributed by atoms with Crippen LogP contribution in [0.25, 0.3) is 0 Å². The van der Waals surface area contributed by atoms with Crippen molar-refractivity contribution in [3.05, 3.63) is 58.7 Å². The predicted octanol–water partition coefficient (Wildman–Crippen LogP) is 2.60. The maximum atomic E-state index is 12.3. The van der Waals surface area contributed by atoms with Crippen molar-refractivity contribution in [3.63, 3.8) is 0 Å². The molecule has 4 heteroatoms. The van der Waals surface area contributed by atoms with E-state index in [0.29, 0.717) is 5.56 Å². The van der Waals surface area contributed by atoms with Crippen LogP contribution in [0.4, 0.5) is 5.69 Å². The van der Waals surface area contributed by atoms with Gasteiger partial charge in [-0.1, -0.05) is 17.7 Å². The van der Waals surface area contributed by atoms with Gasteiger partial charge in [-0.05, 0) is 55.3 Å². The van der Waals surface area contributed by atoms with E-state index in [1.165, 1.54) is 11.1 Å². The van der Waals surface area contributed by atoms with Gasteiger partial charge in [0.25, 0.3) is 5.91 Å². The molecule has 21 heavy (non-hydrogen) atoms. The molecule has 1 amide bonds. The first-order valence-electron chi connectivity index (χ1n) is 7.07. The number of hydrogen-bond acceptors (Lipinski definition) is 3. The van der Waals surface area contributed by atoms with E-state index in [2.05, 4.69) is 16.7 Å². The summed E-state index contributed by atoms with van der Waals surface area (Å²) < 4.78 is 0. The summed E-state index contributed by atoms with van der Waals surface area (Å²) in [6, 6.07) is 11.0. The van der Waals surface area contributed by atoms with Crippen LogP contribution < -0.4 is 10.6 Å². The molecule has 1 heterocycles. The molecular weight excluding hydrogens is 264 g/mol. The van der Waals surface area contributed by atoms with Gasteiger partial charge in [0.2, 0.25) is 0 Å². The zero-order valence-corrected chi connectivity index (χ0v) is 11.9. The van der Waals surface area contributed by atoms with Crippen LogP contribution in [0.15, 0.2) is 36.4 Å². The second-order valence-corrected chi connectivity index (χ2v) is 5.38. The molecule has 0 aromatic heterocycles. The SMILES string of the molecule is Cc1ccc(O)c(C(=O)Nc2ccc3c(c2)CNCC3)c1. The number of phenols is 1. The van der Waals surface area contributed by atoms with E-state index in [4.69, 9.17) is 0 Å². The van der Waals surface area contributed by atoms with Crippen molar-refractivity contribution < 1.29 is 9.90 Å². The summed E-state index contributed by atoms with van der Waals surface area (Å²) in [7, 11) is 0. The highest BCUT2D eigenvalue weighted by Crippen LogP contribution is 2.22. The van der Waals surface area contributed by atoms with Gasteiger partial charge in [-0.25, -0.2) is 0 Å². The van der Waals surface area contributed by atoms with E-state index < -0.39 is 0 Å². The molecule has 2 aromatic carbocycles. The Balaban J connectivity index is 1.83. The standard InChI is InChI=1S/C17H18N2O2/c1-11-2-5-16(20)15(8-11)17(21)19-14-4-3-12-6-7-18-10-13(12)9-14/h2-5,8-9,18,20H,6-7,10H2,1H3,(H,19,21). The number of nitrogens with one attached hydrogen (secondary N) is 2. The summed E-state index contributed by atoms with van der Waals surface area (Å²) in [6.45, 7) is 3.71. The fourth-order valence-electron chi connectivity index (χ4n) is 2.59. The summed E-state index contributed by atoms with van der Waals surface area (Å²) in [4.78, 5) is 12.3. The number of carbonyl (C=O) groups is 1. The van der Waals surface area contributed by atoms with Crippen LogP contribution in [-0.2, 0) is 13.0 Å². The number of benzene rings is 2. The molecule has 3 N–H and O–H groups in total. The van der Waals surface area contributed by atoms with Crippen LogP contribution in [-0.4, -0.2) is 17.6 Å². The van der Waals surface area contributed by atoms with Crippen LogP contribution >= 0.6 is 0 Å². The van der Waals surface area contributed by atoms with E-state index >= 15 is 0 Å². The van der Waals surface area contributed by atoms with E-state index in [-0.39, 0.29) is 11.7 Å². The number of carbonyl (C=O) groups excluding carboxylic acids is 1. The molecule has 0 saturated heterocycles. The summed E-state index contributed by atoms with van der Waals surface area (Å²) in [5, 5.41) is 16.0. The lowest BCUT2D eigenvalue weighted by Crippen LogP contribution is -2.23. The zero-order chi connectivity index (χ0) is 14.8. The Morgan fingerprint density at radius 1 is 1.19 bits per heavy atom. The fraction of sp³-hybridized carbons (Fsp3) is 0.235. The van der Waals surface area contributed by atoms with Crippen molar-refractivity contribution >= 4 is 11.6 Å². The highest BCUT2D eigenvalue weighted by atomic mass is 16.3. The lowest BCUT2D eigenvalue weighted by molar-refractivity contribution is 0.102. The Bertz CT molecular complexity index is 695. The third-order valence-corrected chi connectivity index (χ3v) is 3.75. The zero-order valence-electron chi connectivity index (χ0n) is 11.9. The van der Waals surface area contributed by atoms with Crippen molar-refractivity contribution in [2.24, 2.45) is 0 Å². The molecule has 0 aliphatic carbocycles. The summed E-state index contributed by atoms with van der Waals surface area (Å²) >= 11 is 0. The molecule has 0 bridgehead atoms. The third-order valence-electron chi connectivity index (χ3n) is 3.75. The predicted molar refractivity (Wildman–Crippen MR) is 82.6 cm³/mol. The maximum absolute atomic E-state index is 12.3. The normalized spacial score (nSPS) is 13.6. The average Bonchev–Trinajstić information content (AvgIpc) is 2.49. The number of amides is 1. The maximum Gasteiger partial charge on any atom is 0.259 e. The van der Waals surface area contributed by atoms with E-state index in [1.807, 2.05) is 19.1 Å². The third kappa shape index (κ3) is 2.90. The second-order valence-electron chi connectivity index (χ2n) is 5.38. The topological polar surface area (TPSA) is 61.4 Å². The number of aromatic hydroxyl groups is 1. The van der Waals surface area contributed by atoms with E-state index in [0.717, 1.165) is 30.8 Å². The van der Waals surface area contributed by atoms with Crippen molar-refractivity contribution in [2.75, 3.05) is 11.9 Å². The smallest absolute Gasteiger partial charge is 0.259 e. The van der Waals surface area contributed by atoms with Crippen molar-refractivity contribution in [1.82, 2.24) is 5.32 Å². The number of aryl methyl sites for hydroxylation is 1. The molecule has 2 aromatic rings. The Hall–Kier alpha value is -2.33. The van der Waals surface area contributed by atoms with Crippen molar-refractivity contribution in [2.45, 2.75) is 19.9 Å². The Labute approximate surface area is 123 Å². The number of fused-ring (bicyclic) bond motifs is 1. The van der Waals surface area contributed by atoms with Crippen LogP contribution in [0.2, 0.25) is 0 Å². The molecule has 0 spiro atoms. The summed E-state index contributed by atoms with van der Waals surface area (Å²) in [6.07, 6.45) is 1.02.